The van der Waals surface area contributed by atoms with Crippen molar-refractivity contribution in [1.29, 1.82) is 0 Å². The third-order valence-corrected chi connectivity index (χ3v) is 6.38. The Bertz CT molecular complexity index is 1580. The second-order valence-corrected chi connectivity index (χ2v) is 9.97. The maximum absolute atomic E-state index is 14.7. The van der Waals surface area contributed by atoms with E-state index >= 15 is 0 Å². The summed E-state index contributed by atoms with van der Waals surface area (Å²) in [5, 5.41) is 2.53. The molecule has 43 heavy (non-hydrogen) atoms. The first-order valence-corrected chi connectivity index (χ1v) is 13.4. The average molecular weight is 598 g/mol. The summed E-state index contributed by atoms with van der Waals surface area (Å²) in [6.07, 6.45) is -0.476. The van der Waals surface area contributed by atoms with Crippen LogP contribution in [-0.2, 0) is 12.6 Å². The van der Waals surface area contributed by atoms with Crippen LogP contribution in [0.1, 0.15) is 35.1 Å². The van der Waals surface area contributed by atoms with Crippen LogP contribution in [0.5, 0.6) is 11.6 Å². The zero-order valence-corrected chi connectivity index (χ0v) is 24.1. The predicted molar refractivity (Wildman–Crippen MR) is 155 cm³/mol. The van der Waals surface area contributed by atoms with Crippen LogP contribution in [0, 0.1) is 5.82 Å². The van der Waals surface area contributed by atoms with Crippen LogP contribution < -0.4 is 15.0 Å². The molecule has 4 rings (SSSR count). The highest BCUT2D eigenvalue weighted by molar-refractivity contribution is 6.06. The number of nitrogens with zero attached hydrogens (tertiary/aromatic N) is 6. The fourth-order valence-corrected chi connectivity index (χ4v) is 4.22. The zero-order valence-electron chi connectivity index (χ0n) is 24.1. The van der Waals surface area contributed by atoms with Crippen LogP contribution in [0.4, 0.5) is 28.9 Å². The quantitative estimate of drug-likeness (QED) is 0.208. The Balaban J connectivity index is 1.62. The number of carbonyl (C=O) groups is 1. The molecule has 0 spiro atoms. The van der Waals surface area contributed by atoms with Crippen LogP contribution in [0.3, 0.4) is 0 Å². The van der Waals surface area contributed by atoms with Crippen molar-refractivity contribution in [1.82, 2.24) is 24.8 Å². The highest BCUT2D eigenvalue weighted by atomic mass is 19.4. The maximum atomic E-state index is 14.7. The number of benzene rings is 2. The molecule has 0 aliphatic heterocycles. The standard InChI is InChI=1S/C30H31F4N7O2/c1-5-26-36-18-37-27(39-26)23-8-6-11-35-29(23)43-22-15-19(14-21(31)17-22)28(42)38-24-16-20(30(32,33)34)9-10-25(24)41(4)13-7-12-40(2)3/h6,8-11,14-18H,5,7,12-13H2,1-4H3,(H,38,42). The molecule has 1 N–H and O–H groups in total. The molecule has 0 saturated carbocycles. The Hall–Kier alpha value is -4.65. The van der Waals surface area contributed by atoms with E-state index in [0.717, 1.165) is 37.2 Å². The van der Waals surface area contributed by atoms with E-state index in [9.17, 15) is 22.4 Å². The van der Waals surface area contributed by atoms with Gasteiger partial charge in [-0.05, 0) is 69.5 Å². The van der Waals surface area contributed by atoms with Gasteiger partial charge in [0.2, 0.25) is 5.88 Å². The van der Waals surface area contributed by atoms with Crippen LogP contribution in [-0.4, -0.2) is 65.0 Å². The second-order valence-electron chi connectivity index (χ2n) is 9.97. The van der Waals surface area contributed by atoms with Crippen LogP contribution >= 0.6 is 0 Å². The number of hydrogen-bond donors (Lipinski definition) is 1. The Kier molecular flexibility index (Phi) is 9.86. The van der Waals surface area contributed by atoms with Crippen LogP contribution in [0.2, 0.25) is 0 Å². The highest BCUT2D eigenvalue weighted by Gasteiger charge is 2.31. The Labute approximate surface area is 246 Å². The molecule has 2 aromatic heterocycles. The third kappa shape index (κ3) is 8.22. The maximum Gasteiger partial charge on any atom is 0.416 e. The van der Waals surface area contributed by atoms with Gasteiger partial charge < -0.3 is 19.9 Å². The molecule has 9 nitrogen and oxygen atoms in total. The number of anilines is 2. The Morgan fingerprint density at radius 3 is 2.51 bits per heavy atom. The lowest BCUT2D eigenvalue weighted by Crippen LogP contribution is -2.25. The van der Waals surface area contributed by atoms with Crippen molar-refractivity contribution in [2.24, 2.45) is 0 Å². The molecule has 226 valence electrons. The van der Waals surface area contributed by atoms with Gasteiger partial charge in [0.25, 0.3) is 5.91 Å². The first-order valence-electron chi connectivity index (χ1n) is 13.4. The molecule has 0 aliphatic carbocycles. The molecule has 0 aliphatic rings. The molecule has 0 fully saturated rings. The van der Waals surface area contributed by atoms with Crippen molar-refractivity contribution in [2.45, 2.75) is 25.9 Å². The molecule has 2 heterocycles. The minimum Gasteiger partial charge on any atom is -0.438 e. The number of nitrogens with one attached hydrogen (secondary N) is 1. The number of aryl methyl sites for hydroxylation is 1. The number of amides is 1. The van der Waals surface area contributed by atoms with Crippen molar-refractivity contribution in [3.63, 3.8) is 0 Å². The molecule has 0 radical (unpaired) electrons. The van der Waals surface area contributed by atoms with Gasteiger partial charge in [0.15, 0.2) is 5.82 Å². The zero-order chi connectivity index (χ0) is 31.1. The van der Waals surface area contributed by atoms with Crippen molar-refractivity contribution in [3.8, 4) is 23.0 Å². The van der Waals surface area contributed by atoms with E-state index < -0.39 is 23.5 Å². The Morgan fingerprint density at radius 1 is 1.00 bits per heavy atom. The van der Waals surface area contributed by atoms with Gasteiger partial charge in [0.1, 0.15) is 23.7 Å². The minimum atomic E-state index is -4.63. The second kappa shape index (κ2) is 13.6. The van der Waals surface area contributed by atoms with Gasteiger partial charge in [0.05, 0.1) is 22.5 Å². The molecule has 4 aromatic rings. The highest BCUT2D eigenvalue weighted by Crippen LogP contribution is 2.36. The first kappa shape index (κ1) is 31.3. The largest absolute Gasteiger partial charge is 0.438 e. The van der Waals surface area contributed by atoms with E-state index in [1.54, 1.807) is 24.1 Å². The average Bonchev–Trinajstić information content (AvgIpc) is 2.96. The monoisotopic (exact) mass is 597 g/mol. The van der Waals surface area contributed by atoms with Crippen molar-refractivity contribution in [3.05, 3.63) is 83.8 Å². The van der Waals surface area contributed by atoms with E-state index in [2.05, 4.69) is 25.3 Å². The topological polar surface area (TPSA) is 96.4 Å². The summed E-state index contributed by atoms with van der Waals surface area (Å²) in [5.74, 6) is -0.748. The summed E-state index contributed by atoms with van der Waals surface area (Å²) in [4.78, 5) is 33.9. The van der Waals surface area contributed by atoms with Crippen LogP contribution in [0.15, 0.2) is 61.1 Å². The molecule has 0 unspecified atom stereocenters. The number of hydrogen-bond acceptors (Lipinski definition) is 8. The number of pyridine rings is 1. The summed E-state index contributed by atoms with van der Waals surface area (Å²) >= 11 is 0. The number of aromatic nitrogens is 4. The van der Waals surface area contributed by atoms with Gasteiger partial charge >= 0.3 is 6.18 Å². The van der Waals surface area contributed by atoms with Gasteiger partial charge in [-0.3, -0.25) is 4.79 Å². The van der Waals surface area contributed by atoms with Gasteiger partial charge in [0, 0.05) is 37.8 Å². The summed E-state index contributed by atoms with van der Waals surface area (Å²) in [7, 11) is 5.57. The van der Waals surface area contributed by atoms with Gasteiger partial charge in [-0.25, -0.2) is 24.3 Å². The lowest BCUT2D eigenvalue weighted by atomic mass is 10.1. The fraction of sp³-hybridized carbons (Fsp3) is 0.300. The number of ether oxygens (including phenoxy) is 1. The summed E-state index contributed by atoms with van der Waals surface area (Å²) in [6, 6.07) is 9.77. The van der Waals surface area contributed by atoms with E-state index in [1.807, 2.05) is 25.9 Å². The van der Waals surface area contributed by atoms with Gasteiger partial charge in [-0.15, -0.1) is 0 Å². The SMILES string of the molecule is CCc1ncnc(-c2cccnc2Oc2cc(F)cc(C(=O)Nc3cc(C(F)(F)F)ccc3N(C)CCCN(C)C)c2)n1. The van der Waals surface area contributed by atoms with Crippen LogP contribution in [0.25, 0.3) is 11.4 Å². The molecular formula is C30H31F4N7O2. The number of rotatable bonds is 11. The number of halogens is 4. The molecule has 1 amide bonds. The number of alkyl halides is 3. The van der Waals surface area contributed by atoms with E-state index in [-0.39, 0.29) is 22.9 Å². The minimum absolute atomic E-state index is 0.0556. The molecule has 0 saturated heterocycles. The van der Waals surface area contributed by atoms with Crippen molar-refractivity contribution in [2.75, 3.05) is 44.4 Å². The van der Waals surface area contributed by atoms with E-state index in [4.69, 9.17) is 4.74 Å². The molecular weight excluding hydrogens is 566 g/mol. The third-order valence-electron chi connectivity index (χ3n) is 6.38. The van der Waals surface area contributed by atoms with Crippen molar-refractivity contribution >= 4 is 17.3 Å². The van der Waals surface area contributed by atoms with E-state index in [0.29, 0.717) is 35.9 Å². The lowest BCUT2D eigenvalue weighted by Gasteiger charge is -2.24. The smallest absolute Gasteiger partial charge is 0.416 e. The molecule has 0 bridgehead atoms. The van der Waals surface area contributed by atoms with Crippen molar-refractivity contribution < 1.29 is 27.1 Å². The van der Waals surface area contributed by atoms with Gasteiger partial charge in [-0.1, -0.05) is 6.92 Å². The molecule has 13 heteroatoms. The fourth-order valence-electron chi connectivity index (χ4n) is 4.22. The normalized spacial score (nSPS) is 11.5. The Morgan fingerprint density at radius 2 is 1.79 bits per heavy atom. The molecule has 0 atom stereocenters. The predicted octanol–water partition coefficient (Wildman–Crippen LogP) is 6.09. The first-order chi connectivity index (χ1) is 20.4. The number of carbonyl (C=O) groups excluding carboxylic acids is 1. The molecule has 2 aromatic carbocycles. The van der Waals surface area contributed by atoms with E-state index in [1.165, 1.54) is 24.7 Å². The summed E-state index contributed by atoms with van der Waals surface area (Å²) in [5.41, 5.74) is -0.355. The van der Waals surface area contributed by atoms with Gasteiger partial charge in [-0.2, -0.15) is 13.2 Å². The summed E-state index contributed by atoms with van der Waals surface area (Å²) < 4.78 is 61.2. The summed E-state index contributed by atoms with van der Waals surface area (Å²) in [6.45, 7) is 3.19. The lowest BCUT2D eigenvalue weighted by molar-refractivity contribution is -0.137.